The summed E-state index contributed by atoms with van der Waals surface area (Å²) < 4.78 is 12.5. The van der Waals surface area contributed by atoms with Gasteiger partial charge in [-0.15, -0.1) is 0 Å². The minimum Gasteiger partial charge on any atom is -0.376 e. The largest absolute Gasteiger partial charge is 0.376 e. The molecule has 9 heteroatoms. The van der Waals surface area contributed by atoms with Crippen molar-refractivity contribution in [1.82, 2.24) is 30.0 Å². The molecule has 0 aromatic carbocycles. The standard InChI is InChI=1S/C19H22N6O3/c1-12(2)17-23-19(28-24-17)13-5-6-16(20-8-13)25-10-15(22-11-25)18(26)21-9-14-4-3-7-27-14/h5-6,8,10-12,14H,3-4,7,9H2,1-2H3,(H,21,26). The highest BCUT2D eigenvalue weighted by atomic mass is 16.5. The van der Waals surface area contributed by atoms with E-state index in [1.807, 2.05) is 26.0 Å². The second-order valence-electron chi connectivity index (χ2n) is 7.03. The average molecular weight is 382 g/mol. The van der Waals surface area contributed by atoms with Crippen molar-refractivity contribution in [3.8, 4) is 17.3 Å². The van der Waals surface area contributed by atoms with Gasteiger partial charge >= 0.3 is 0 Å². The Balaban J connectivity index is 1.42. The molecule has 1 N–H and O–H groups in total. The summed E-state index contributed by atoms with van der Waals surface area (Å²) in [5.41, 5.74) is 1.07. The van der Waals surface area contributed by atoms with Crippen LogP contribution in [0.25, 0.3) is 17.3 Å². The second-order valence-corrected chi connectivity index (χ2v) is 7.03. The second kappa shape index (κ2) is 7.89. The topological polar surface area (TPSA) is 108 Å². The Morgan fingerprint density at radius 3 is 2.93 bits per heavy atom. The Morgan fingerprint density at radius 1 is 1.36 bits per heavy atom. The Bertz CT molecular complexity index is 941. The number of nitrogens with zero attached hydrogens (tertiary/aromatic N) is 5. The van der Waals surface area contributed by atoms with Gasteiger partial charge in [0.2, 0.25) is 0 Å². The molecule has 0 aliphatic carbocycles. The van der Waals surface area contributed by atoms with Gasteiger partial charge in [-0.25, -0.2) is 9.97 Å². The first-order chi connectivity index (χ1) is 13.6. The molecule has 146 valence electrons. The molecule has 3 aromatic rings. The van der Waals surface area contributed by atoms with Crippen LogP contribution in [0.4, 0.5) is 0 Å². The van der Waals surface area contributed by atoms with E-state index in [2.05, 4.69) is 25.4 Å². The van der Waals surface area contributed by atoms with Crippen LogP contribution >= 0.6 is 0 Å². The number of hydrogen-bond acceptors (Lipinski definition) is 7. The highest BCUT2D eigenvalue weighted by molar-refractivity contribution is 5.92. The number of pyridine rings is 1. The first-order valence-corrected chi connectivity index (χ1v) is 9.34. The third kappa shape index (κ3) is 3.94. The highest BCUT2D eigenvalue weighted by Gasteiger charge is 2.18. The van der Waals surface area contributed by atoms with E-state index >= 15 is 0 Å². The molecule has 1 atom stereocenters. The van der Waals surface area contributed by atoms with Crippen LogP contribution in [-0.4, -0.2) is 49.8 Å². The van der Waals surface area contributed by atoms with Crippen LogP contribution < -0.4 is 5.32 Å². The number of imidazole rings is 1. The van der Waals surface area contributed by atoms with Crippen molar-refractivity contribution in [2.45, 2.75) is 38.7 Å². The summed E-state index contributed by atoms with van der Waals surface area (Å²) in [6, 6.07) is 3.65. The molecule has 0 bridgehead atoms. The molecule has 0 spiro atoms. The summed E-state index contributed by atoms with van der Waals surface area (Å²) in [5, 5.41) is 6.82. The summed E-state index contributed by atoms with van der Waals surface area (Å²) in [4.78, 5) is 25.2. The summed E-state index contributed by atoms with van der Waals surface area (Å²) in [6.45, 7) is 5.27. The van der Waals surface area contributed by atoms with Crippen molar-refractivity contribution in [3.63, 3.8) is 0 Å². The molecular weight excluding hydrogens is 360 g/mol. The van der Waals surface area contributed by atoms with E-state index in [0.29, 0.717) is 29.8 Å². The third-order valence-electron chi connectivity index (χ3n) is 4.55. The van der Waals surface area contributed by atoms with E-state index in [-0.39, 0.29) is 17.9 Å². The Kier molecular flexibility index (Phi) is 5.16. The summed E-state index contributed by atoms with van der Waals surface area (Å²) in [5.74, 6) is 1.70. The fourth-order valence-electron chi connectivity index (χ4n) is 2.92. The van der Waals surface area contributed by atoms with Crippen LogP contribution in [0.3, 0.4) is 0 Å². The lowest BCUT2D eigenvalue weighted by Gasteiger charge is -2.09. The molecule has 28 heavy (non-hydrogen) atoms. The van der Waals surface area contributed by atoms with Gasteiger partial charge in [-0.05, 0) is 25.0 Å². The summed E-state index contributed by atoms with van der Waals surface area (Å²) in [6.07, 6.45) is 6.98. The lowest BCUT2D eigenvalue weighted by atomic mass is 10.2. The minimum absolute atomic E-state index is 0.0983. The highest BCUT2D eigenvalue weighted by Crippen LogP contribution is 2.20. The molecule has 1 fully saturated rings. The molecule has 0 radical (unpaired) electrons. The van der Waals surface area contributed by atoms with Crippen LogP contribution in [0.2, 0.25) is 0 Å². The average Bonchev–Trinajstić information content (AvgIpc) is 3.48. The number of amides is 1. The molecule has 1 aliphatic rings. The number of rotatable bonds is 6. The normalized spacial score (nSPS) is 16.6. The molecule has 4 heterocycles. The maximum atomic E-state index is 12.3. The number of nitrogens with one attached hydrogen (secondary N) is 1. The maximum absolute atomic E-state index is 12.3. The number of ether oxygens (including phenoxy) is 1. The molecule has 1 aliphatic heterocycles. The van der Waals surface area contributed by atoms with E-state index in [9.17, 15) is 4.79 Å². The molecule has 0 saturated carbocycles. The summed E-state index contributed by atoms with van der Waals surface area (Å²) in [7, 11) is 0. The summed E-state index contributed by atoms with van der Waals surface area (Å²) >= 11 is 0. The molecule has 4 rings (SSSR count). The van der Waals surface area contributed by atoms with E-state index in [0.717, 1.165) is 25.0 Å². The lowest BCUT2D eigenvalue weighted by molar-refractivity contribution is 0.0854. The third-order valence-corrected chi connectivity index (χ3v) is 4.55. The van der Waals surface area contributed by atoms with Gasteiger partial charge in [0.25, 0.3) is 11.8 Å². The van der Waals surface area contributed by atoms with Gasteiger partial charge in [-0.3, -0.25) is 9.36 Å². The van der Waals surface area contributed by atoms with Crippen LogP contribution in [-0.2, 0) is 4.74 Å². The Hall–Kier alpha value is -3.07. The zero-order chi connectivity index (χ0) is 19.5. The number of aromatic nitrogens is 5. The van der Waals surface area contributed by atoms with Crippen molar-refractivity contribution in [3.05, 3.63) is 42.4 Å². The van der Waals surface area contributed by atoms with Crippen LogP contribution in [0.1, 0.15) is 48.9 Å². The zero-order valence-corrected chi connectivity index (χ0v) is 15.8. The molecular formula is C19H22N6O3. The smallest absolute Gasteiger partial charge is 0.271 e. The van der Waals surface area contributed by atoms with E-state index in [1.165, 1.54) is 0 Å². The first kappa shape index (κ1) is 18.3. The van der Waals surface area contributed by atoms with Gasteiger partial charge in [0.15, 0.2) is 5.82 Å². The van der Waals surface area contributed by atoms with Gasteiger partial charge in [0, 0.05) is 31.5 Å². The molecule has 1 amide bonds. The van der Waals surface area contributed by atoms with Gasteiger partial charge in [0.1, 0.15) is 17.8 Å². The lowest BCUT2D eigenvalue weighted by Crippen LogP contribution is -2.31. The van der Waals surface area contributed by atoms with Crippen molar-refractivity contribution in [2.24, 2.45) is 0 Å². The fraction of sp³-hybridized carbons (Fsp3) is 0.421. The molecule has 9 nitrogen and oxygen atoms in total. The van der Waals surface area contributed by atoms with E-state index in [4.69, 9.17) is 9.26 Å². The van der Waals surface area contributed by atoms with Crippen molar-refractivity contribution < 1.29 is 14.1 Å². The zero-order valence-electron chi connectivity index (χ0n) is 15.8. The van der Waals surface area contributed by atoms with Crippen LogP contribution in [0.5, 0.6) is 0 Å². The van der Waals surface area contributed by atoms with Gasteiger partial charge in [-0.1, -0.05) is 19.0 Å². The predicted octanol–water partition coefficient (Wildman–Crippen LogP) is 2.35. The van der Waals surface area contributed by atoms with Crippen LogP contribution in [0, 0.1) is 0 Å². The molecule has 1 unspecified atom stereocenters. The quantitative estimate of drug-likeness (QED) is 0.697. The Morgan fingerprint density at radius 2 is 2.25 bits per heavy atom. The van der Waals surface area contributed by atoms with Crippen molar-refractivity contribution >= 4 is 5.91 Å². The SMILES string of the molecule is CC(C)c1noc(-c2ccc(-n3cnc(C(=O)NCC4CCCO4)c3)nc2)n1. The fourth-order valence-corrected chi connectivity index (χ4v) is 2.92. The minimum atomic E-state index is -0.224. The Labute approximate surface area is 162 Å². The molecule has 3 aromatic heterocycles. The van der Waals surface area contributed by atoms with Crippen molar-refractivity contribution in [1.29, 1.82) is 0 Å². The van der Waals surface area contributed by atoms with E-state index in [1.54, 1.807) is 23.3 Å². The van der Waals surface area contributed by atoms with E-state index < -0.39 is 0 Å². The number of carbonyl (C=O) groups excluding carboxylic acids is 1. The molecule has 1 saturated heterocycles. The van der Waals surface area contributed by atoms with Crippen LogP contribution in [0.15, 0.2) is 35.4 Å². The maximum Gasteiger partial charge on any atom is 0.271 e. The number of carbonyl (C=O) groups is 1. The number of hydrogen-bond donors (Lipinski definition) is 1. The van der Waals surface area contributed by atoms with Gasteiger partial charge < -0.3 is 14.6 Å². The monoisotopic (exact) mass is 382 g/mol. The first-order valence-electron chi connectivity index (χ1n) is 9.34. The van der Waals surface area contributed by atoms with Gasteiger partial charge in [-0.2, -0.15) is 4.98 Å². The van der Waals surface area contributed by atoms with Gasteiger partial charge in [0.05, 0.1) is 11.7 Å². The predicted molar refractivity (Wildman–Crippen MR) is 100 cm³/mol. The van der Waals surface area contributed by atoms with Crippen molar-refractivity contribution in [2.75, 3.05) is 13.2 Å².